The smallest absolute Gasteiger partial charge is 0.264 e. The molecule has 0 fully saturated rings. The van der Waals surface area contributed by atoms with Crippen molar-refractivity contribution in [3.05, 3.63) is 131 Å². The van der Waals surface area contributed by atoms with Gasteiger partial charge < -0.3 is 10.2 Å². The van der Waals surface area contributed by atoms with E-state index in [1.54, 1.807) is 60.7 Å². The molecule has 230 valence electrons. The fourth-order valence-electron chi connectivity index (χ4n) is 4.76. The van der Waals surface area contributed by atoms with Crippen LogP contribution in [0.4, 0.5) is 5.69 Å². The third-order valence-electron chi connectivity index (χ3n) is 7.50. The monoisotopic (exact) mass is 631 g/mol. The molecular weight excluding hydrogens is 594 g/mol. The predicted molar refractivity (Wildman–Crippen MR) is 176 cm³/mol. The zero-order chi connectivity index (χ0) is 31.7. The van der Waals surface area contributed by atoms with Gasteiger partial charge in [-0.1, -0.05) is 103 Å². The first-order valence-corrected chi connectivity index (χ1v) is 16.4. The number of hydrogen-bond acceptors (Lipinski definition) is 4. The zero-order valence-corrected chi connectivity index (χ0v) is 26.8. The molecule has 4 rings (SSSR count). The highest BCUT2D eigenvalue weighted by atomic mass is 35.5. The summed E-state index contributed by atoms with van der Waals surface area (Å²) in [4.78, 5) is 29.9. The normalized spacial score (nSPS) is 12.6. The average molecular weight is 632 g/mol. The number of hydrogen-bond donors (Lipinski definition) is 1. The van der Waals surface area contributed by atoms with E-state index in [0.29, 0.717) is 22.7 Å². The maximum atomic E-state index is 14.5. The van der Waals surface area contributed by atoms with E-state index in [0.717, 1.165) is 15.4 Å². The van der Waals surface area contributed by atoms with Crippen LogP contribution in [-0.4, -0.2) is 43.8 Å². The quantitative estimate of drug-likeness (QED) is 0.185. The van der Waals surface area contributed by atoms with Gasteiger partial charge in [0.25, 0.3) is 10.0 Å². The third-order valence-corrected chi connectivity index (χ3v) is 9.66. The van der Waals surface area contributed by atoms with Gasteiger partial charge in [0.2, 0.25) is 11.8 Å². The van der Waals surface area contributed by atoms with Crippen LogP contribution in [0.2, 0.25) is 5.02 Å². The lowest BCUT2D eigenvalue weighted by Gasteiger charge is -2.34. The van der Waals surface area contributed by atoms with Crippen LogP contribution in [0, 0.1) is 6.92 Å². The summed E-state index contributed by atoms with van der Waals surface area (Å²) in [5, 5.41) is 3.48. The molecule has 0 radical (unpaired) electrons. The Hall–Kier alpha value is -4.14. The molecule has 0 bridgehead atoms. The summed E-state index contributed by atoms with van der Waals surface area (Å²) in [6.45, 7) is 5.27. The summed E-state index contributed by atoms with van der Waals surface area (Å²) in [6.07, 6.45) is 0.939. The number of aryl methyl sites for hydroxylation is 1. The van der Waals surface area contributed by atoms with Gasteiger partial charge in [-0.05, 0) is 61.7 Å². The molecule has 0 aliphatic rings. The molecule has 4 aromatic rings. The van der Waals surface area contributed by atoms with Crippen LogP contribution < -0.4 is 9.62 Å². The predicted octanol–water partition coefficient (Wildman–Crippen LogP) is 6.40. The lowest BCUT2D eigenvalue weighted by Crippen LogP contribution is -2.54. The number of nitrogens with one attached hydrogen (secondary N) is 1. The molecule has 7 nitrogen and oxygen atoms in total. The topological polar surface area (TPSA) is 86.8 Å². The highest BCUT2D eigenvalue weighted by Crippen LogP contribution is 2.26. The van der Waals surface area contributed by atoms with Crippen LogP contribution in [0.15, 0.2) is 114 Å². The Kier molecular flexibility index (Phi) is 11.2. The highest BCUT2D eigenvalue weighted by molar-refractivity contribution is 7.92. The SMILES string of the molecule is CC[C@@H](C)NC(=O)[C@H](Cc1ccccc1)N(Cc1ccccc1Cl)C(=O)CN(c1ccc(C)cc1)S(=O)(=O)c1ccccc1. The Morgan fingerprint density at radius 3 is 2.05 bits per heavy atom. The van der Waals surface area contributed by atoms with Crippen molar-refractivity contribution in [1.82, 2.24) is 10.2 Å². The molecule has 0 heterocycles. The van der Waals surface area contributed by atoms with Crippen LogP contribution in [0.3, 0.4) is 0 Å². The van der Waals surface area contributed by atoms with Gasteiger partial charge in [-0.3, -0.25) is 13.9 Å². The lowest BCUT2D eigenvalue weighted by molar-refractivity contribution is -0.140. The number of nitrogens with zero attached hydrogens (tertiary/aromatic N) is 2. The van der Waals surface area contributed by atoms with Crippen molar-refractivity contribution in [3.8, 4) is 0 Å². The summed E-state index contributed by atoms with van der Waals surface area (Å²) < 4.78 is 29.2. The maximum absolute atomic E-state index is 14.5. The van der Waals surface area contributed by atoms with Crippen molar-refractivity contribution in [2.45, 2.75) is 57.1 Å². The molecule has 1 N–H and O–H groups in total. The van der Waals surface area contributed by atoms with Crippen LogP contribution in [0.25, 0.3) is 0 Å². The van der Waals surface area contributed by atoms with Gasteiger partial charge in [0, 0.05) is 24.0 Å². The molecule has 0 saturated carbocycles. The van der Waals surface area contributed by atoms with Crippen molar-refractivity contribution >= 4 is 39.1 Å². The first-order valence-electron chi connectivity index (χ1n) is 14.6. The maximum Gasteiger partial charge on any atom is 0.264 e. The summed E-state index contributed by atoms with van der Waals surface area (Å²) in [6, 6.07) is 30.5. The van der Waals surface area contributed by atoms with E-state index in [4.69, 9.17) is 11.6 Å². The Bertz CT molecular complexity index is 1650. The number of carbonyl (C=O) groups excluding carboxylic acids is 2. The number of sulfonamides is 1. The second-order valence-corrected chi connectivity index (χ2v) is 13.1. The molecule has 44 heavy (non-hydrogen) atoms. The second-order valence-electron chi connectivity index (χ2n) is 10.8. The first kappa shape index (κ1) is 32.8. The fourth-order valence-corrected chi connectivity index (χ4v) is 6.40. The first-order chi connectivity index (χ1) is 21.1. The summed E-state index contributed by atoms with van der Waals surface area (Å²) in [7, 11) is -4.15. The summed E-state index contributed by atoms with van der Waals surface area (Å²) in [5.74, 6) is -0.860. The molecule has 9 heteroatoms. The minimum atomic E-state index is -4.15. The Balaban J connectivity index is 1.80. The largest absolute Gasteiger partial charge is 0.352 e. The van der Waals surface area contributed by atoms with E-state index >= 15 is 0 Å². The van der Waals surface area contributed by atoms with E-state index in [-0.39, 0.29) is 29.8 Å². The Morgan fingerprint density at radius 2 is 1.43 bits per heavy atom. The van der Waals surface area contributed by atoms with Crippen LogP contribution in [0.1, 0.15) is 37.0 Å². The van der Waals surface area contributed by atoms with Crippen molar-refractivity contribution in [2.24, 2.45) is 0 Å². The Labute approximate surface area is 265 Å². The van der Waals surface area contributed by atoms with Gasteiger partial charge in [0.1, 0.15) is 12.6 Å². The number of halogens is 1. The standard InChI is InChI=1S/C35H38ClN3O4S/c1-4-27(3)37-35(41)33(23-28-13-7-5-8-14-28)38(24-29-15-11-12-18-32(29)36)34(40)25-39(30-21-19-26(2)20-22-30)44(42,43)31-16-9-6-10-17-31/h5-22,27,33H,4,23-25H2,1-3H3,(H,37,41)/t27-,33+/m1/s1. The van der Waals surface area contributed by atoms with Gasteiger partial charge >= 0.3 is 0 Å². The summed E-state index contributed by atoms with van der Waals surface area (Å²) >= 11 is 6.55. The van der Waals surface area contributed by atoms with Gasteiger partial charge in [0.15, 0.2) is 0 Å². The molecule has 0 saturated heterocycles. The third kappa shape index (κ3) is 8.27. The molecule has 0 aromatic heterocycles. The van der Waals surface area contributed by atoms with Gasteiger partial charge in [-0.25, -0.2) is 8.42 Å². The minimum Gasteiger partial charge on any atom is -0.352 e. The van der Waals surface area contributed by atoms with Gasteiger partial charge in [-0.2, -0.15) is 0 Å². The zero-order valence-electron chi connectivity index (χ0n) is 25.2. The van der Waals surface area contributed by atoms with Crippen LogP contribution in [0.5, 0.6) is 0 Å². The molecule has 0 aliphatic heterocycles. The van der Waals surface area contributed by atoms with Crippen molar-refractivity contribution in [1.29, 1.82) is 0 Å². The number of rotatable bonds is 13. The van der Waals surface area contributed by atoms with E-state index in [1.165, 1.54) is 17.0 Å². The van der Waals surface area contributed by atoms with Crippen LogP contribution in [-0.2, 0) is 32.6 Å². The van der Waals surface area contributed by atoms with E-state index in [1.807, 2.05) is 57.2 Å². The van der Waals surface area contributed by atoms with Crippen molar-refractivity contribution in [2.75, 3.05) is 10.8 Å². The van der Waals surface area contributed by atoms with Crippen molar-refractivity contribution < 1.29 is 18.0 Å². The molecule has 4 aromatic carbocycles. The molecule has 0 unspecified atom stereocenters. The molecule has 2 amide bonds. The van der Waals surface area contributed by atoms with Crippen molar-refractivity contribution in [3.63, 3.8) is 0 Å². The van der Waals surface area contributed by atoms with Crippen LogP contribution >= 0.6 is 11.6 Å². The highest BCUT2D eigenvalue weighted by Gasteiger charge is 2.35. The Morgan fingerprint density at radius 1 is 0.841 bits per heavy atom. The summed E-state index contributed by atoms with van der Waals surface area (Å²) in [5.41, 5.74) is 2.79. The fraction of sp³-hybridized carbons (Fsp3) is 0.257. The second kappa shape index (κ2) is 15.0. The van der Waals surface area contributed by atoms with E-state index < -0.39 is 28.5 Å². The number of carbonyl (C=O) groups is 2. The number of benzene rings is 4. The van der Waals surface area contributed by atoms with Gasteiger partial charge in [-0.15, -0.1) is 0 Å². The van der Waals surface area contributed by atoms with E-state index in [9.17, 15) is 18.0 Å². The number of anilines is 1. The van der Waals surface area contributed by atoms with Gasteiger partial charge in [0.05, 0.1) is 10.6 Å². The lowest BCUT2D eigenvalue weighted by atomic mass is 10.0. The molecular formula is C35H38ClN3O4S. The average Bonchev–Trinajstić information content (AvgIpc) is 3.03. The molecule has 0 spiro atoms. The molecule has 0 aliphatic carbocycles. The number of amides is 2. The molecule has 2 atom stereocenters. The van der Waals surface area contributed by atoms with E-state index in [2.05, 4.69) is 5.32 Å². The minimum absolute atomic E-state index is 0.0110.